The Balaban J connectivity index is 1.77. The summed E-state index contributed by atoms with van der Waals surface area (Å²) in [7, 11) is 1.56. The van der Waals surface area contributed by atoms with Gasteiger partial charge in [0.05, 0.1) is 18.7 Å². The molecular weight excluding hydrogens is 364 g/mol. The second-order valence-corrected chi connectivity index (χ2v) is 6.68. The molecule has 0 aliphatic carbocycles. The zero-order valence-corrected chi connectivity index (χ0v) is 15.6. The van der Waals surface area contributed by atoms with Crippen LogP contribution in [0.2, 0.25) is 0 Å². The van der Waals surface area contributed by atoms with Gasteiger partial charge >= 0.3 is 5.97 Å². The number of ketones is 1. The van der Waals surface area contributed by atoms with Crippen LogP contribution in [-0.4, -0.2) is 30.5 Å². The molecule has 0 aliphatic heterocycles. The van der Waals surface area contributed by atoms with Gasteiger partial charge in [0.2, 0.25) is 0 Å². The molecule has 1 heterocycles. The largest absolute Gasteiger partial charge is 0.496 e. The van der Waals surface area contributed by atoms with Crippen molar-refractivity contribution >= 4 is 33.9 Å². The van der Waals surface area contributed by atoms with Crippen molar-refractivity contribution in [2.24, 2.45) is 0 Å². The van der Waals surface area contributed by atoms with Gasteiger partial charge in [-0.25, -0.2) is 9.78 Å². The number of hydrogen-bond acceptors (Lipinski definition) is 7. The number of ether oxygens (including phenoxy) is 2. The van der Waals surface area contributed by atoms with E-state index in [0.717, 1.165) is 11.1 Å². The van der Waals surface area contributed by atoms with Crippen molar-refractivity contribution in [2.45, 2.75) is 12.8 Å². The molecule has 3 rings (SSSR count). The quantitative estimate of drug-likeness (QED) is 0.607. The van der Waals surface area contributed by atoms with Gasteiger partial charge in [0, 0.05) is 16.5 Å². The lowest BCUT2D eigenvalue weighted by molar-refractivity contribution is -0.122. The average Bonchev–Trinajstić information content (AvgIpc) is 3.11. The number of aromatic nitrogens is 1. The SMILES string of the molecule is COc1ccc(C(=O)OCC(=O)[C@@H](C#N)c2nc(C)cs2)c2ccccc12. The van der Waals surface area contributed by atoms with E-state index in [1.165, 1.54) is 11.3 Å². The fourth-order valence-corrected chi connectivity index (χ4v) is 3.56. The third kappa shape index (κ3) is 3.81. The van der Waals surface area contributed by atoms with E-state index >= 15 is 0 Å². The van der Waals surface area contributed by atoms with E-state index in [-0.39, 0.29) is 0 Å². The van der Waals surface area contributed by atoms with E-state index in [1.54, 1.807) is 43.7 Å². The maximum atomic E-state index is 12.5. The van der Waals surface area contributed by atoms with Crippen molar-refractivity contribution in [1.82, 2.24) is 4.98 Å². The van der Waals surface area contributed by atoms with Crippen LogP contribution >= 0.6 is 11.3 Å². The number of nitriles is 1. The third-order valence-corrected chi connectivity index (χ3v) is 5.03. The number of hydrogen-bond donors (Lipinski definition) is 0. The summed E-state index contributed by atoms with van der Waals surface area (Å²) < 4.78 is 10.5. The highest BCUT2D eigenvalue weighted by molar-refractivity contribution is 7.09. The lowest BCUT2D eigenvalue weighted by Gasteiger charge is -2.11. The standard InChI is InChI=1S/C20H16N2O4S/c1-12-11-27-19(22-12)16(9-21)17(23)10-26-20(24)15-7-8-18(25-2)14-6-4-3-5-13(14)15/h3-8,11,16H,10H2,1-2H3/t16-/m1/s1. The topological polar surface area (TPSA) is 89.3 Å². The summed E-state index contributed by atoms with van der Waals surface area (Å²) in [6.07, 6.45) is 0. The van der Waals surface area contributed by atoms with Crippen molar-refractivity contribution in [1.29, 1.82) is 5.26 Å². The average molecular weight is 380 g/mol. The molecule has 27 heavy (non-hydrogen) atoms. The van der Waals surface area contributed by atoms with E-state index in [9.17, 15) is 14.9 Å². The molecule has 0 N–H and O–H groups in total. The van der Waals surface area contributed by atoms with Gasteiger partial charge in [0.15, 0.2) is 18.3 Å². The molecule has 2 aromatic carbocycles. The summed E-state index contributed by atoms with van der Waals surface area (Å²) in [4.78, 5) is 29.0. The van der Waals surface area contributed by atoms with Gasteiger partial charge in [-0.15, -0.1) is 11.3 Å². The molecule has 0 saturated carbocycles. The van der Waals surface area contributed by atoms with E-state index < -0.39 is 24.3 Å². The second kappa shape index (κ2) is 7.98. The van der Waals surface area contributed by atoms with Crippen LogP contribution in [0.4, 0.5) is 0 Å². The Kier molecular flexibility index (Phi) is 5.48. The highest BCUT2D eigenvalue weighted by Crippen LogP contribution is 2.29. The van der Waals surface area contributed by atoms with Crippen molar-refractivity contribution < 1.29 is 19.1 Å². The molecule has 6 nitrogen and oxygen atoms in total. The monoisotopic (exact) mass is 380 g/mol. The molecule has 0 saturated heterocycles. The van der Waals surface area contributed by atoms with E-state index in [2.05, 4.69) is 4.98 Å². The van der Waals surface area contributed by atoms with E-state index in [1.807, 2.05) is 18.2 Å². The number of thiazole rings is 1. The van der Waals surface area contributed by atoms with Gasteiger partial charge in [-0.3, -0.25) is 4.79 Å². The minimum atomic E-state index is -1.04. The van der Waals surface area contributed by atoms with Crippen LogP contribution in [0, 0.1) is 18.3 Å². The van der Waals surface area contributed by atoms with Gasteiger partial charge < -0.3 is 9.47 Å². The first-order valence-electron chi connectivity index (χ1n) is 8.12. The molecule has 1 atom stereocenters. The first-order chi connectivity index (χ1) is 13.0. The molecule has 0 amide bonds. The van der Waals surface area contributed by atoms with Crippen LogP contribution in [-0.2, 0) is 9.53 Å². The van der Waals surface area contributed by atoms with Crippen LogP contribution in [0.3, 0.4) is 0 Å². The molecule has 0 fully saturated rings. The Hall–Kier alpha value is -3.24. The Morgan fingerprint density at radius 3 is 2.59 bits per heavy atom. The van der Waals surface area contributed by atoms with Crippen molar-refractivity contribution in [3.63, 3.8) is 0 Å². The summed E-state index contributed by atoms with van der Waals surface area (Å²) in [5, 5.41) is 12.9. The summed E-state index contributed by atoms with van der Waals surface area (Å²) >= 11 is 1.24. The van der Waals surface area contributed by atoms with Gasteiger partial charge in [-0.1, -0.05) is 24.3 Å². The third-order valence-electron chi connectivity index (χ3n) is 4.00. The molecule has 0 unspecified atom stereocenters. The number of fused-ring (bicyclic) bond motifs is 1. The zero-order chi connectivity index (χ0) is 19.4. The van der Waals surface area contributed by atoms with Crippen LogP contribution in [0.15, 0.2) is 41.8 Å². The maximum Gasteiger partial charge on any atom is 0.339 e. The highest BCUT2D eigenvalue weighted by atomic mass is 32.1. The minimum Gasteiger partial charge on any atom is -0.496 e. The van der Waals surface area contributed by atoms with Crippen molar-refractivity contribution in [3.05, 3.63) is 58.0 Å². The number of carbonyl (C=O) groups excluding carboxylic acids is 2. The number of esters is 1. The Morgan fingerprint density at radius 1 is 1.22 bits per heavy atom. The highest BCUT2D eigenvalue weighted by Gasteiger charge is 2.25. The first-order valence-corrected chi connectivity index (χ1v) is 9.00. The van der Waals surface area contributed by atoms with Crippen molar-refractivity contribution in [2.75, 3.05) is 13.7 Å². The van der Waals surface area contributed by atoms with Crippen LogP contribution in [0.5, 0.6) is 5.75 Å². The van der Waals surface area contributed by atoms with Crippen LogP contribution < -0.4 is 4.74 Å². The molecule has 0 bridgehead atoms. The van der Waals surface area contributed by atoms with Crippen LogP contribution in [0.1, 0.15) is 27.0 Å². The lowest BCUT2D eigenvalue weighted by atomic mass is 10.0. The Labute approximate surface area is 160 Å². The molecule has 136 valence electrons. The summed E-state index contributed by atoms with van der Waals surface area (Å²) in [5.41, 5.74) is 1.07. The van der Waals surface area contributed by atoms with E-state index in [4.69, 9.17) is 9.47 Å². The first kappa shape index (κ1) is 18.5. The fourth-order valence-electron chi connectivity index (χ4n) is 2.69. The zero-order valence-electron chi connectivity index (χ0n) is 14.8. The molecule has 0 radical (unpaired) electrons. The molecule has 0 spiro atoms. The molecule has 1 aromatic heterocycles. The molecular formula is C20H16N2O4S. The summed E-state index contributed by atoms with van der Waals surface area (Å²) in [6, 6.07) is 12.5. The number of rotatable bonds is 6. The van der Waals surface area contributed by atoms with E-state index in [0.29, 0.717) is 21.7 Å². The summed E-state index contributed by atoms with van der Waals surface area (Å²) in [6.45, 7) is 1.30. The lowest BCUT2D eigenvalue weighted by Crippen LogP contribution is -2.20. The van der Waals surface area contributed by atoms with Gasteiger partial charge in [0.1, 0.15) is 10.8 Å². The van der Waals surface area contributed by atoms with Gasteiger partial charge in [-0.2, -0.15) is 5.26 Å². The van der Waals surface area contributed by atoms with Crippen LogP contribution in [0.25, 0.3) is 10.8 Å². The molecule has 3 aromatic rings. The summed E-state index contributed by atoms with van der Waals surface area (Å²) in [5.74, 6) is -1.53. The predicted octanol–water partition coefficient (Wildman–Crippen LogP) is 3.65. The van der Waals surface area contributed by atoms with Gasteiger partial charge in [-0.05, 0) is 24.4 Å². The number of nitrogens with zero attached hydrogens (tertiary/aromatic N) is 2. The molecule has 7 heteroatoms. The Morgan fingerprint density at radius 2 is 1.96 bits per heavy atom. The maximum absolute atomic E-state index is 12.5. The predicted molar refractivity (Wildman–Crippen MR) is 101 cm³/mol. The van der Waals surface area contributed by atoms with Gasteiger partial charge in [0.25, 0.3) is 0 Å². The Bertz CT molecular complexity index is 1050. The number of carbonyl (C=O) groups is 2. The number of methoxy groups -OCH3 is 1. The number of benzene rings is 2. The minimum absolute atomic E-state index is 0.331. The number of aryl methyl sites for hydroxylation is 1. The molecule has 0 aliphatic rings. The fraction of sp³-hybridized carbons (Fsp3) is 0.200. The van der Waals surface area contributed by atoms with Crippen molar-refractivity contribution in [3.8, 4) is 11.8 Å². The normalized spacial score (nSPS) is 11.6. The number of Topliss-reactive ketones (excluding diaryl/α,β-unsaturated/α-hetero) is 1. The second-order valence-electron chi connectivity index (χ2n) is 5.79. The smallest absolute Gasteiger partial charge is 0.339 e.